The average molecular weight is 170 g/mol. The van der Waals surface area contributed by atoms with Crippen LogP contribution in [0.4, 0.5) is 0 Å². The van der Waals surface area contributed by atoms with E-state index in [1.165, 1.54) is 0 Å². The molecule has 2 N–H and O–H groups in total. The van der Waals surface area contributed by atoms with E-state index < -0.39 is 0 Å². The predicted molar refractivity (Wildman–Crippen MR) is 48.7 cm³/mol. The SMILES string of the molecule is CC1=C[C@@H](O)[C@H](C(C)C)C[C@H]1O. The van der Waals surface area contributed by atoms with E-state index in [4.69, 9.17) is 0 Å². The molecule has 0 aromatic carbocycles. The lowest BCUT2D eigenvalue weighted by molar-refractivity contribution is 0.0607. The second kappa shape index (κ2) is 3.58. The van der Waals surface area contributed by atoms with Gasteiger partial charge in [0, 0.05) is 0 Å². The molecule has 1 rings (SSSR count). The molecule has 3 atom stereocenters. The fourth-order valence-corrected chi connectivity index (χ4v) is 1.75. The van der Waals surface area contributed by atoms with Gasteiger partial charge in [-0.1, -0.05) is 19.9 Å². The zero-order valence-electron chi connectivity index (χ0n) is 7.99. The van der Waals surface area contributed by atoms with Crippen molar-refractivity contribution in [2.75, 3.05) is 0 Å². The molecule has 0 radical (unpaired) electrons. The summed E-state index contributed by atoms with van der Waals surface area (Å²) in [5, 5.41) is 19.2. The summed E-state index contributed by atoms with van der Waals surface area (Å²) in [5.41, 5.74) is 0.902. The number of rotatable bonds is 1. The molecule has 2 nitrogen and oxygen atoms in total. The number of hydrogen-bond donors (Lipinski definition) is 2. The summed E-state index contributed by atoms with van der Waals surface area (Å²) in [4.78, 5) is 0. The van der Waals surface area contributed by atoms with Crippen molar-refractivity contribution in [2.45, 2.75) is 39.4 Å². The lowest BCUT2D eigenvalue weighted by Crippen LogP contribution is -2.33. The molecule has 1 aliphatic rings. The Balaban J connectivity index is 2.72. The van der Waals surface area contributed by atoms with Gasteiger partial charge in [-0.2, -0.15) is 0 Å². The largest absolute Gasteiger partial charge is 0.389 e. The van der Waals surface area contributed by atoms with Crippen molar-refractivity contribution in [1.82, 2.24) is 0 Å². The van der Waals surface area contributed by atoms with E-state index >= 15 is 0 Å². The van der Waals surface area contributed by atoms with E-state index in [0.717, 1.165) is 5.57 Å². The van der Waals surface area contributed by atoms with E-state index in [1.807, 2.05) is 6.92 Å². The first-order valence-electron chi connectivity index (χ1n) is 4.56. The van der Waals surface area contributed by atoms with E-state index in [0.29, 0.717) is 12.3 Å². The van der Waals surface area contributed by atoms with Crippen molar-refractivity contribution in [3.8, 4) is 0 Å². The number of aliphatic hydroxyl groups excluding tert-OH is 2. The smallest absolute Gasteiger partial charge is 0.0756 e. The molecular formula is C10H18O2. The van der Waals surface area contributed by atoms with Crippen LogP contribution in [0, 0.1) is 11.8 Å². The minimum Gasteiger partial charge on any atom is -0.389 e. The van der Waals surface area contributed by atoms with E-state index in [2.05, 4.69) is 13.8 Å². The van der Waals surface area contributed by atoms with Crippen LogP contribution in [0.5, 0.6) is 0 Å². The zero-order chi connectivity index (χ0) is 9.30. The Hall–Kier alpha value is -0.340. The van der Waals surface area contributed by atoms with Gasteiger partial charge >= 0.3 is 0 Å². The highest BCUT2D eigenvalue weighted by atomic mass is 16.3. The van der Waals surface area contributed by atoms with Crippen LogP contribution in [0.2, 0.25) is 0 Å². The maximum Gasteiger partial charge on any atom is 0.0756 e. The Morgan fingerprint density at radius 1 is 1.42 bits per heavy atom. The first kappa shape index (κ1) is 9.75. The van der Waals surface area contributed by atoms with Gasteiger partial charge in [-0.15, -0.1) is 0 Å². The van der Waals surface area contributed by atoms with Gasteiger partial charge in [0.2, 0.25) is 0 Å². The van der Waals surface area contributed by atoms with Gasteiger partial charge in [0.1, 0.15) is 0 Å². The molecule has 0 fully saturated rings. The van der Waals surface area contributed by atoms with E-state index in [9.17, 15) is 10.2 Å². The average Bonchev–Trinajstić information content (AvgIpc) is 1.96. The zero-order valence-corrected chi connectivity index (χ0v) is 7.99. The lowest BCUT2D eigenvalue weighted by atomic mass is 9.79. The highest BCUT2D eigenvalue weighted by Crippen LogP contribution is 2.29. The van der Waals surface area contributed by atoms with Gasteiger partial charge in [-0.25, -0.2) is 0 Å². The molecule has 0 saturated carbocycles. The predicted octanol–water partition coefficient (Wildman–Crippen LogP) is 1.33. The van der Waals surface area contributed by atoms with Crippen LogP contribution < -0.4 is 0 Å². The van der Waals surface area contributed by atoms with Gasteiger partial charge < -0.3 is 10.2 Å². The molecule has 0 aromatic rings. The first-order valence-corrected chi connectivity index (χ1v) is 4.56. The van der Waals surface area contributed by atoms with Crippen molar-refractivity contribution in [1.29, 1.82) is 0 Å². The molecule has 70 valence electrons. The molecule has 0 aromatic heterocycles. The van der Waals surface area contributed by atoms with Gasteiger partial charge in [0.25, 0.3) is 0 Å². The van der Waals surface area contributed by atoms with Gasteiger partial charge in [-0.3, -0.25) is 0 Å². The molecule has 0 amide bonds. The van der Waals surface area contributed by atoms with Crippen LogP contribution in [-0.4, -0.2) is 22.4 Å². The number of hydrogen-bond acceptors (Lipinski definition) is 2. The minimum absolute atomic E-state index is 0.212. The summed E-state index contributed by atoms with van der Waals surface area (Å²) < 4.78 is 0. The summed E-state index contributed by atoms with van der Waals surface area (Å²) >= 11 is 0. The second-order valence-corrected chi connectivity index (χ2v) is 4.06. The van der Waals surface area contributed by atoms with E-state index in [1.54, 1.807) is 6.08 Å². The maximum absolute atomic E-state index is 9.64. The molecule has 0 aliphatic heterocycles. The molecule has 0 spiro atoms. The molecule has 2 heteroatoms. The molecular weight excluding hydrogens is 152 g/mol. The highest BCUT2D eigenvalue weighted by Gasteiger charge is 2.28. The third kappa shape index (κ3) is 1.87. The monoisotopic (exact) mass is 170 g/mol. The van der Waals surface area contributed by atoms with Crippen molar-refractivity contribution in [3.05, 3.63) is 11.6 Å². The maximum atomic E-state index is 9.64. The van der Waals surface area contributed by atoms with Crippen molar-refractivity contribution in [3.63, 3.8) is 0 Å². The Kier molecular flexibility index (Phi) is 2.91. The fourth-order valence-electron chi connectivity index (χ4n) is 1.75. The summed E-state index contributed by atoms with van der Waals surface area (Å²) in [5.74, 6) is 0.641. The quantitative estimate of drug-likeness (QED) is 0.583. The minimum atomic E-state index is -0.367. The third-order valence-corrected chi connectivity index (χ3v) is 2.75. The summed E-state index contributed by atoms with van der Waals surface area (Å²) in [6.45, 7) is 6.02. The highest BCUT2D eigenvalue weighted by molar-refractivity contribution is 5.13. The Morgan fingerprint density at radius 2 is 2.00 bits per heavy atom. The second-order valence-electron chi connectivity index (χ2n) is 4.06. The van der Waals surface area contributed by atoms with Crippen LogP contribution in [0.3, 0.4) is 0 Å². The fraction of sp³-hybridized carbons (Fsp3) is 0.800. The van der Waals surface area contributed by atoms with E-state index in [-0.39, 0.29) is 18.1 Å². The molecule has 1 aliphatic carbocycles. The third-order valence-electron chi connectivity index (χ3n) is 2.75. The molecule has 0 bridgehead atoms. The van der Waals surface area contributed by atoms with Crippen LogP contribution >= 0.6 is 0 Å². The van der Waals surface area contributed by atoms with Gasteiger partial charge in [-0.05, 0) is 30.8 Å². The van der Waals surface area contributed by atoms with Crippen molar-refractivity contribution < 1.29 is 10.2 Å². The summed E-state index contributed by atoms with van der Waals surface area (Å²) in [6.07, 6.45) is 1.76. The van der Waals surface area contributed by atoms with Gasteiger partial charge in [0.15, 0.2) is 0 Å². The standard InChI is InChI=1S/C10H18O2/c1-6(2)8-5-9(11)7(3)4-10(8)12/h4,6,8-12H,5H2,1-3H3/t8-,9+,10+/m0/s1. The van der Waals surface area contributed by atoms with Gasteiger partial charge in [0.05, 0.1) is 12.2 Å². The summed E-state index contributed by atoms with van der Waals surface area (Å²) in [7, 11) is 0. The van der Waals surface area contributed by atoms with Crippen molar-refractivity contribution in [2.24, 2.45) is 11.8 Å². The number of aliphatic hydroxyl groups is 2. The van der Waals surface area contributed by atoms with Crippen LogP contribution in [0.25, 0.3) is 0 Å². The first-order chi connectivity index (χ1) is 5.52. The Labute approximate surface area is 73.9 Å². The molecule has 0 saturated heterocycles. The molecule has 0 unspecified atom stereocenters. The summed E-state index contributed by atoms with van der Waals surface area (Å²) in [6, 6.07) is 0. The Bertz CT molecular complexity index is 184. The normalized spacial score (nSPS) is 36.8. The topological polar surface area (TPSA) is 40.5 Å². The van der Waals surface area contributed by atoms with Crippen LogP contribution in [-0.2, 0) is 0 Å². The molecule has 12 heavy (non-hydrogen) atoms. The Morgan fingerprint density at radius 3 is 2.50 bits per heavy atom. The lowest BCUT2D eigenvalue weighted by Gasteiger charge is -2.31. The molecule has 0 heterocycles. The van der Waals surface area contributed by atoms with Crippen LogP contribution in [0.1, 0.15) is 27.2 Å². The van der Waals surface area contributed by atoms with Crippen molar-refractivity contribution >= 4 is 0 Å². The van der Waals surface area contributed by atoms with Crippen LogP contribution in [0.15, 0.2) is 11.6 Å².